The molecular weight excluding hydrogens is 552 g/mol. The summed E-state index contributed by atoms with van der Waals surface area (Å²) >= 11 is 3.46. The van der Waals surface area contributed by atoms with Crippen LogP contribution in [0.2, 0.25) is 0 Å². The fourth-order valence-electron chi connectivity index (χ4n) is 4.75. The molecular formula is C32H31BrN4O2. The van der Waals surface area contributed by atoms with Crippen LogP contribution in [0.3, 0.4) is 0 Å². The number of halogens is 1. The second-order valence-electron chi connectivity index (χ2n) is 10.1. The zero-order valence-corrected chi connectivity index (χ0v) is 24.4. The van der Waals surface area contributed by atoms with E-state index in [9.17, 15) is 4.79 Å². The van der Waals surface area contributed by atoms with Crippen molar-refractivity contribution in [3.63, 3.8) is 0 Å². The fraction of sp³-hybridized carbons (Fsp3) is 0.219. The van der Waals surface area contributed by atoms with E-state index in [1.165, 1.54) is 10.2 Å². The number of nitrogens with zero attached hydrogens (tertiary/aromatic N) is 4. The lowest BCUT2D eigenvalue weighted by Gasteiger charge is -2.12. The Morgan fingerprint density at radius 3 is 2.49 bits per heavy atom. The number of hydrogen-bond donors (Lipinski definition) is 0. The molecule has 0 bridgehead atoms. The Bertz CT molecular complexity index is 1750. The van der Waals surface area contributed by atoms with E-state index >= 15 is 0 Å². The summed E-state index contributed by atoms with van der Waals surface area (Å²) in [5.74, 6) is 1.48. The van der Waals surface area contributed by atoms with E-state index in [0.717, 1.165) is 38.4 Å². The van der Waals surface area contributed by atoms with Gasteiger partial charge in [0, 0.05) is 33.0 Å². The van der Waals surface area contributed by atoms with E-state index in [4.69, 9.17) is 9.72 Å². The summed E-state index contributed by atoms with van der Waals surface area (Å²) in [6.07, 6.45) is 1.75. The van der Waals surface area contributed by atoms with E-state index in [-0.39, 0.29) is 11.5 Å². The molecule has 0 aliphatic rings. The van der Waals surface area contributed by atoms with Crippen LogP contribution in [0.5, 0.6) is 5.75 Å². The van der Waals surface area contributed by atoms with Crippen molar-refractivity contribution in [3.05, 3.63) is 122 Å². The Balaban J connectivity index is 1.42. The first-order valence-corrected chi connectivity index (χ1v) is 13.7. The molecule has 0 amide bonds. The highest BCUT2D eigenvalue weighted by Gasteiger charge is 2.15. The lowest BCUT2D eigenvalue weighted by Crippen LogP contribution is -2.23. The van der Waals surface area contributed by atoms with Gasteiger partial charge in [-0.3, -0.25) is 4.79 Å². The molecule has 6 nitrogen and oxygen atoms in total. The lowest BCUT2D eigenvalue weighted by atomic mass is 10.1. The van der Waals surface area contributed by atoms with Gasteiger partial charge in [-0.1, -0.05) is 59.6 Å². The van der Waals surface area contributed by atoms with E-state index in [1.807, 2.05) is 44.2 Å². The third-order valence-corrected chi connectivity index (χ3v) is 7.21. The highest BCUT2D eigenvalue weighted by Crippen LogP contribution is 2.23. The van der Waals surface area contributed by atoms with Crippen LogP contribution in [0.15, 0.2) is 87.2 Å². The third-order valence-electron chi connectivity index (χ3n) is 6.72. The quantitative estimate of drug-likeness (QED) is 0.187. The van der Waals surface area contributed by atoms with Gasteiger partial charge < -0.3 is 9.30 Å². The number of ether oxygens (including phenoxy) is 1. The first-order valence-electron chi connectivity index (χ1n) is 13.0. The molecule has 7 heteroatoms. The number of aromatic nitrogens is 3. The minimum absolute atomic E-state index is 0.0296. The largest absolute Gasteiger partial charge is 0.489 e. The molecule has 0 aliphatic carbocycles. The topological polar surface area (TPSA) is 61.4 Å². The minimum Gasteiger partial charge on any atom is -0.489 e. The highest BCUT2D eigenvalue weighted by molar-refractivity contribution is 9.10. The Morgan fingerprint density at radius 2 is 1.77 bits per heavy atom. The summed E-state index contributed by atoms with van der Waals surface area (Å²) < 4.78 is 10.4. The highest BCUT2D eigenvalue weighted by atomic mass is 79.9. The van der Waals surface area contributed by atoms with Gasteiger partial charge in [0.2, 0.25) is 0 Å². The van der Waals surface area contributed by atoms with Crippen molar-refractivity contribution >= 4 is 33.0 Å². The molecule has 0 saturated carbocycles. The summed E-state index contributed by atoms with van der Waals surface area (Å²) in [5.41, 5.74) is 6.92. The summed E-state index contributed by atoms with van der Waals surface area (Å²) in [4.78, 5) is 18.1. The third kappa shape index (κ3) is 5.59. The summed E-state index contributed by atoms with van der Waals surface area (Å²) in [6.45, 7) is 10.8. The van der Waals surface area contributed by atoms with Crippen LogP contribution in [-0.2, 0) is 6.61 Å². The number of fused-ring (bicyclic) bond motifs is 1. The van der Waals surface area contributed by atoms with Crippen LogP contribution in [-0.4, -0.2) is 20.4 Å². The van der Waals surface area contributed by atoms with Gasteiger partial charge in [0.1, 0.15) is 18.2 Å². The van der Waals surface area contributed by atoms with Crippen LogP contribution in [0.4, 0.5) is 0 Å². The fourth-order valence-corrected chi connectivity index (χ4v) is 5.11. The second-order valence-corrected chi connectivity index (χ2v) is 11.0. The van der Waals surface area contributed by atoms with Gasteiger partial charge in [-0.15, -0.1) is 0 Å². The van der Waals surface area contributed by atoms with Gasteiger partial charge in [0.05, 0.1) is 17.1 Å². The van der Waals surface area contributed by atoms with E-state index < -0.39 is 0 Å². The molecule has 198 valence electrons. The predicted molar refractivity (Wildman–Crippen MR) is 162 cm³/mol. The molecule has 3 aromatic carbocycles. The van der Waals surface area contributed by atoms with Gasteiger partial charge >= 0.3 is 0 Å². The van der Waals surface area contributed by atoms with E-state index in [2.05, 4.69) is 82.8 Å². The molecule has 5 rings (SSSR count). The maximum atomic E-state index is 13.4. The van der Waals surface area contributed by atoms with Crippen molar-refractivity contribution < 1.29 is 4.74 Å². The predicted octanol–water partition coefficient (Wildman–Crippen LogP) is 7.46. The SMILES string of the molecule is Cc1cccc(COc2ccc(-n3c(C)cc(C=Nn4c(C(C)C)nc5ccc(Br)cc5c4=O)c3C)cc2)c1. The molecule has 0 saturated heterocycles. The molecule has 2 heterocycles. The maximum Gasteiger partial charge on any atom is 0.282 e. The number of benzene rings is 3. The van der Waals surface area contributed by atoms with Crippen LogP contribution >= 0.6 is 15.9 Å². The van der Waals surface area contributed by atoms with Crippen molar-refractivity contribution in [1.29, 1.82) is 0 Å². The number of hydrogen-bond acceptors (Lipinski definition) is 4. The molecule has 39 heavy (non-hydrogen) atoms. The Kier molecular flexibility index (Phi) is 7.53. The molecule has 2 aromatic heterocycles. The van der Waals surface area contributed by atoms with Crippen molar-refractivity contribution in [2.24, 2.45) is 5.10 Å². The molecule has 0 spiro atoms. The van der Waals surface area contributed by atoms with Crippen molar-refractivity contribution in [2.45, 2.75) is 47.1 Å². The van der Waals surface area contributed by atoms with Gasteiger partial charge in [-0.2, -0.15) is 9.78 Å². The van der Waals surface area contributed by atoms with Crippen molar-refractivity contribution in [2.75, 3.05) is 0 Å². The molecule has 0 unspecified atom stereocenters. The first-order chi connectivity index (χ1) is 18.7. The lowest BCUT2D eigenvalue weighted by molar-refractivity contribution is 0.306. The number of aryl methyl sites for hydroxylation is 2. The Labute approximate surface area is 236 Å². The summed E-state index contributed by atoms with van der Waals surface area (Å²) in [5, 5.41) is 5.16. The standard InChI is InChI=1S/C32H31BrN4O2/c1-20(2)31-35-30-14-9-26(33)17-29(30)32(38)37(31)34-18-25-16-22(4)36(23(25)5)27-10-12-28(13-11-27)39-19-24-8-6-7-21(3)15-24/h6-18,20H,19H2,1-5H3. The molecule has 0 radical (unpaired) electrons. The van der Waals surface area contributed by atoms with Crippen LogP contribution in [0.1, 0.15) is 53.7 Å². The van der Waals surface area contributed by atoms with Crippen LogP contribution in [0, 0.1) is 20.8 Å². The van der Waals surface area contributed by atoms with Crippen molar-refractivity contribution in [3.8, 4) is 11.4 Å². The van der Waals surface area contributed by atoms with Gasteiger partial charge in [0.15, 0.2) is 0 Å². The molecule has 0 fully saturated rings. The van der Waals surface area contributed by atoms with Crippen LogP contribution < -0.4 is 10.3 Å². The van der Waals surface area contributed by atoms with Crippen LogP contribution in [0.25, 0.3) is 16.6 Å². The van der Waals surface area contributed by atoms with Gasteiger partial charge in [-0.25, -0.2) is 4.98 Å². The second kappa shape index (κ2) is 11.0. The van der Waals surface area contributed by atoms with E-state index in [1.54, 1.807) is 12.3 Å². The molecule has 5 aromatic rings. The maximum absolute atomic E-state index is 13.4. The Morgan fingerprint density at radius 1 is 1.00 bits per heavy atom. The average molecular weight is 584 g/mol. The van der Waals surface area contributed by atoms with Gasteiger partial charge in [0.25, 0.3) is 5.56 Å². The summed E-state index contributed by atoms with van der Waals surface area (Å²) in [6, 6.07) is 24.0. The molecule has 0 atom stereocenters. The Hall–Kier alpha value is -3.97. The number of rotatable bonds is 7. The first kappa shape index (κ1) is 26.6. The smallest absolute Gasteiger partial charge is 0.282 e. The molecule has 0 aliphatic heterocycles. The molecule has 0 N–H and O–H groups in total. The zero-order chi connectivity index (χ0) is 27.7. The van der Waals surface area contributed by atoms with Gasteiger partial charge in [-0.05, 0) is 74.9 Å². The normalized spacial score (nSPS) is 11.7. The van der Waals surface area contributed by atoms with Crippen molar-refractivity contribution in [1.82, 2.24) is 14.2 Å². The minimum atomic E-state index is -0.184. The summed E-state index contributed by atoms with van der Waals surface area (Å²) in [7, 11) is 0. The monoisotopic (exact) mass is 582 g/mol. The average Bonchev–Trinajstić information content (AvgIpc) is 3.20. The van der Waals surface area contributed by atoms with E-state index in [0.29, 0.717) is 23.3 Å². The zero-order valence-electron chi connectivity index (χ0n) is 22.8.